The maximum atomic E-state index is 12.1. The second-order valence-corrected chi connectivity index (χ2v) is 4.92. The van der Waals surface area contributed by atoms with Gasteiger partial charge in [0.2, 0.25) is 17.7 Å². The molecular weight excluding hydrogens is 234 g/mol. The van der Waals surface area contributed by atoms with E-state index in [9.17, 15) is 14.4 Å². The second-order valence-electron chi connectivity index (χ2n) is 4.92. The van der Waals surface area contributed by atoms with Crippen molar-refractivity contribution in [1.29, 1.82) is 0 Å². The average Bonchev–Trinajstić information content (AvgIpc) is 2.84. The van der Waals surface area contributed by atoms with Crippen LogP contribution in [0.25, 0.3) is 0 Å². The summed E-state index contributed by atoms with van der Waals surface area (Å²) >= 11 is 0. The van der Waals surface area contributed by atoms with E-state index in [2.05, 4.69) is 10.6 Å². The molecule has 0 spiro atoms. The van der Waals surface area contributed by atoms with Crippen LogP contribution in [-0.4, -0.2) is 49.3 Å². The molecule has 0 bridgehead atoms. The van der Waals surface area contributed by atoms with Gasteiger partial charge in [0, 0.05) is 39.0 Å². The fourth-order valence-electron chi connectivity index (χ4n) is 2.60. The number of rotatable bonds is 2. The molecule has 6 heteroatoms. The Hall–Kier alpha value is -1.59. The summed E-state index contributed by atoms with van der Waals surface area (Å²) in [6.45, 7) is 1.68. The largest absolute Gasteiger partial charge is 0.359 e. The molecule has 100 valence electrons. The number of carbonyl (C=O) groups is 3. The standard InChI is InChI=1S/C12H19N3O3/c1-13-11(17)8-2-4-15(5-3-8)12(18)9-6-10(16)14-7-9/h8-9H,2-7H2,1H3,(H,13,17)(H,14,16). The molecule has 18 heavy (non-hydrogen) atoms. The predicted molar refractivity (Wildman–Crippen MR) is 64.5 cm³/mol. The zero-order chi connectivity index (χ0) is 13.1. The lowest BCUT2D eigenvalue weighted by Gasteiger charge is -2.32. The summed E-state index contributed by atoms with van der Waals surface area (Å²) in [5.74, 6) is -0.145. The van der Waals surface area contributed by atoms with E-state index < -0.39 is 0 Å². The zero-order valence-corrected chi connectivity index (χ0v) is 10.6. The molecule has 2 N–H and O–H groups in total. The molecule has 2 fully saturated rings. The summed E-state index contributed by atoms with van der Waals surface area (Å²) < 4.78 is 0. The average molecular weight is 253 g/mol. The Morgan fingerprint density at radius 2 is 1.94 bits per heavy atom. The first-order valence-electron chi connectivity index (χ1n) is 6.39. The second kappa shape index (κ2) is 5.37. The highest BCUT2D eigenvalue weighted by atomic mass is 16.2. The molecule has 1 unspecified atom stereocenters. The number of nitrogens with one attached hydrogen (secondary N) is 2. The number of likely N-dealkylation sites (tertiary alicyclic amines) is 1. The Balaban J connectivity index is 1.84. The van der Waals surface area contributed by atoms with Crippen LogP contribution in [0.5, 0.6) is 0 Å². The van der Waals surface area contributed by atoms with Gasteiger partial charge in [-0.15, -0.1) is 0 Å². The van der Waals surface area contributed by atoms with E-state index in [4.69, 9.17) is 0 Å². The minimum Gasteiger partial charge on any atom is -0.359 e. The van der Waals surface area contributed by atoms with E-state index in [1.807, 2.05) is 0 Å². The monoisotopic (exact) mass is 253 g/mol. The van der Waals surface area contributed by atoms with Crippen molar-refractivity contribution in [2.45, 2.75) is 19.3 Å². The summed E-state index contributed by atoms with van der Waals surface area (Å²) in [7, 11) is 1.63. The molecule has 0 aromatic heterocycles. The number of hydrogen-bond donors (Lipinski definition) is 2. The lowest BCUT2D eigenvalue weighted by atomic mass is 9.94. The van der Waals surface area contributed by atoms with Crippen LogP contribution < -0.4 is 10.6 Å². The van der Waals surface area contributed by atoms with Crippen LogP contribution in [-0.2, 0) is 14.4 Å². The minimum absolute atomic E-state index is 0.0161. The van der Waals surface area contributed by atoms with Crippen molar-refractivity contribution in [3.8, 4) is 0 Å². The third kappa shape index (κ3) is 2.63. The maximum absolute atomic E-state index is 12.1. The Kier molecular flexibility index (Phi) is 3.84. The Bertz CT molecular complexity index is 362. The number of piperidine rings is 1. The first-order valence-corrected chi connectivity index (χ1v) is 6.39. The molecule has 2 aliphatic rings. The molecule has 0 aromatic carbocycles. The van der Waals surface area contributed by atoms with Crippen LogP contribution in [0.2, 0.25) is 0 Å². The summed E-state index contributed by atoms with van der Waals surface area (Å²) in [4.78, 5) is 36.5. The summed E-state index contributed by atoms with van der Waals surface area (Å²) in [6, 6.07) is 0. The van der Waals surface area contributed by atoms with Crippen LogP contribution in [0.1, 0.15) is 19.3 Å². The molecule has 0 aliphatic carbocycles. The van der Waals surface area contributed by atoms with Crippen molar-refractivity contribution in [3.05, 3.63) is 0 Å². The zero-order valence-electron chi connectivity index (χ0n) is 10.6. The highest BCUT2D eigenvalue weighted by Crippen LogP contribution is 2.21. The van der Waals surface area contributed by atoms with Gasteiger partial charge in [-0.25, -0.2) is 0 Å². The first kappa shape index (κ1) is 12.9. The van der Waals surface area contributed by atoms with Crippen molar-refractivity contribution >= 4 is 17.7 Å². The van der Waals surface area contributed by atoms with Crippen molar-refractivity contribution in [1.82, 2.24) is 15.5 Å². The van der Waals surface area contributed by atoms with E-state index in [0.717, 1.165) is 0 Å². The van der Waals surface area contributed by atoms with Gasteiger partial charge in [0.1, 0.15) is 0 Å². The minimum atomic E-state index is -0.214. The normalized spacial score (nSPS) is 24.8. The predicted octanol–water partition coefficient (Wildman–Crippen LogP) is -0.893. The molecule has 6 nitrogen and oxygen atoms in total. The maximum Gasteiger partial charge on any atom is 0.227 e. The van der Waals surface area contributed by atoms with Gasteiger partial charge in [0.05, 0.1) is 5.92 Å². The van der Waals surface area contributed by atoms with E-state index in [-0.39, 0.29) is 29.6 Å². The van der Waals surface area contributed by atoms with Crippen LogP contribution in [0.15, 0.2) is 0 Å². The van der Waals surface area contributed by atoms with Gasteiger partial charge in [0.15, 0.2) is 0 Å². The Morgan fingerprint density at radius 1 is 1.28 bits per heavy atom. The van der Waals surface area contributed by atoms with E-state index >= 15 is 0 Å². The Morgan fingerprint density at radius 3 is 2.44 bits per heavy atom. The quantitative estimate of drug-likeness (QED) is 0.670. The Labute approximate surface area is 106 Å². The smallest absolute Gasteiger partial charge is 0.227 e. The van der Waals surface area contributed by atoms with Gasteiger partial charge in [-0.2, -0.15) is 0 Å². The van der Waals surface area contributed by atoms with E-state index in [1.54, 1.807) is 11.9 Å². The van der Waals surface area contributed by atoms with Gasteiger partial charge in [0.25, 0.3) is 0 Å². The third-order valence-electron chi connectivity index (χ3n) is 3.75. The number of nitrogens with zero attached hydrogens (tertiary/aromatic N) is 1. The fourth-order valence-corrected chi connectivity index (χ4v) is 2.60. The molecule has 2 heterocycles. The fraction of sp³-hybridized carbons (Fsp3) is 0.750. The van der Waals surface area contributed by atoms with Crippen LogP contribution in [0.3, 0.4) is 0 Å². The van der Waals surface area contributed by atoms with Crippen molar-refractivity contribution in [3.63, 3.8) is 0 Å². The van der Waals surface area contributed by atoms with Crippen molar-refractivity contribution in [2.24, 2.45) is 11.8 Å². The van der Waals surface area contributed by atoms with E-state index in [1.165, 1.54) is 0 Å². The van der Waals surface area contributed by atoms with Crippen LogP contribution >= 0.6 is 0 Å². The molecule has 3 amide bonds. The highest BCUT2D eigenvalue weighted by molar-refractivity contribution is 5.89. The third-order valence-corrected chi connectivity index (χ3v) is 3.75. The lowest BCUT2D eigenvalue weighted by Crippen LogP contribution is -2.45. The molecule has 2 saturated heterocycles. The first-order chi connectivity index (χ1) is 8.61. The van der Waals surface area contributed by atoms with Gasteiger partial charge in [-0.1, -0.05) is 0 Å². The molecule has 2 rings (SSSR count). The number of hydrogen-bond acceptors (Lipinski definition) is 3. The number of carbonyl (C=O) groups excluding carboxylic acids is 3. The summed E-state index contributed by atoms with van der Waals surface area (Å²) in [5, 5.41) is 5.32. The molecular formula is C12H19N3O3. The topological polar surface area (TPSA) is 78.5 Å². The lowest BCUT2D eigenvalue weighted by molar-refractivity contribution is -0.139. The van der Waals surface area contributed by atoms with Crippen LogP contribution in [0, 0.1) is 11.8 Å². The summed E-state index contributed by atoms with van der Waals surface area (Å²) in [5.41, 5.74) is 0. The molecule has 0 aromatic rings. The molecule has 0 radical (unpaired) electrons. The van der Waals surface area contributed by atoms with Gasteiger partial charge >= 0.3 is 0 Å². The van der Waals surface area contributed by atoms with Crippen molar-refractivity contribution in [2.75, 3.05) is 26.7 Å². The van der Waals surface area contributed by atoms with E-state index in [0.29, 0.717) is 38.9 Å². The molecule has 1 atom stereocenters. The number of amides is 3. The highest BCUT2D eigenvalue weighted by Gasteiger charge is 2.34. The summed E-state index contributed by atoms with van der Waals surface area (Å²) in [6.07, 6.45) is 1.72. The van der Waals surface area contributed by atoms with Gasteiger partial charge in [-0.3, -0.25) is 14.4 Å². The molecule has 0 saturated carbocycles. The van der Waals surface area contributed by atoms with Gasteiger partial charge in [-0.05, 0) is 12.8 Å². The SMILES string of the molecule is CNC(=O)C1CCN(C(=O)C2CNC(=O)C2)CC1. The molecule has 2 aliphatic heterocycles. The van der Waals surface area contributed by atoms with Crippen LogP contribution in [0.4, 0.5) is 0 Å². The van der Waals surface area contributed by atoms with Gasteiger partial charge < -0.3 is 15.5 Å². The van der Waals surface area contributed by atoms with Crippen molar-refractivity contribution < 1.29 is 14.4 Å².